The molecule has 0 radical (unpaired) electrons. The normalized spacial score (nSPS) is 11.6. The average Bonchev–Trinajstić information content (AvgIpc) is 3.23. The third kappa shape index (κ3) is 4.26. The van der Waals surface area contributed by atoms with Crippen LogP contribution in [0.15, 0.2) is 44.8 Å². The van der Waals surface area contributed by atoms with Crippen LogP contribution in [0.25, 0.3) is 17.4 Å². The molecule has 0 bridgehead atoms. The third-order valence-electron chi connectivity index (χ3n) is 3.62. The van der Waals surface area contributed by atoms with Crippen molar-refractivity contribution in [3.05, 3.63) is 57.9 Å². The number of furan rings is 1. The molecule has 3 aromatic rings. The van der Waals surface area contributed by atoms with Gasteiger partial charge in [0.15, 0.2) is 0 Å². The highest BCUT2D eigenvalue weighted by atomic mass is 32.2. The molecule has 2 aromatic heterocycles. The fourth-order valence-electron chi connectivity index (χ4n) is 2.32. The summed E-state index contributed by atoms with van der Waals surface area (Å²) in [5, 5.41) is 29.2. The highest BCUT2D eigenvalue weighted by molar-refractivity contribution is 8.04. The fraction of sp³-hybridized carbons (Fsp3) is 0.111. The van der Waals surface area contributed by atoms with Crippen LogP contribution in [0.3, 0.4) is 0 Å². The molecule has 27 heavy (non-hydrogen) atoms. The summed E-state index contributed by atoms with van der Waals surface area (Å²) in [6.45, 7) is 3.50. The highest BCUT2D eigenvalue weighted by Crippen LogP contribution is 2.30. The molecule has 8 nitrogen and oxygen atoms in total. The Bertz CT molecular complexity index is 1050. The van der Waals surface area contributed by atoms with Crippen LogP contribution in [0.1, 0.15) is 27.5 Å². The molecule has 0 spiro atoms. The highest BCUT2D eigenvalue weighted by Gasteiger charge is 2.11. The molecule has 0 aliphatic rings. The van der Waals surface area contributed by atoms with Gasteiger partial charge in [0.25, 0.3) is 0 Å². The lowest BCUT2D eigenvalue weighted by atomic mass is 10.0. The van der Waals surface area contributed by atoms with Crippen molar-refractivity contribution in [2.45, 2.75) is 19.0 Å². The first kappa shape index (κ1) is 18.5. The van der Waals surface area contributed by atoms with Gasteiger partial charge in [-0.2, -0.15) is 0 Å². The van der Waals surface area contributed by atoms with Gasteiger partial charge in [-0.05, 0) is 61.0 Å². The van der Waals surface area contributed by atoms with Crippen LogP contribution in [-0.4, -0.2) is 27.1 Å². The van der Waals surface area contributed by atoms with E-state index in [-0.39, 0.29) is 21.4 Å². The molecule has 9 heteroatoms. The molecule has 2 heterocycles. The molecule has 0 fully saturated rings. The number of aliphatic carboxylic acids is 1. The summed E-state index contributed by atoms with van der Waals surface area (Å²) in [4.78, 5) is 26.3. The standard InChI is InChI=1S/C18H15N3O5S/c1-9-3-4-11(16(22)23)7-13(9)14-6-5-12(26-14)8-15(17(24)25)27-18-19-10(2)20-21-18/h3-8H,1-2H3,(H,22,23)(H,24,25)(H,19,20,21)/p-2/b15-8-. The van der Waals surface area contributed by atoms with Crippen molar-refractivity contribution in [3.63, 3.8) is 0 Å². The van der Waals surface area contributed by atoms with E-state index in [2.05, 4.69) is 15.2 Å². The van der Waals surface area contributed by atoms with Gasteiger partial charge in [-0.15, -0.1) is 5.10 Å². The zero-order valence-corrected chi connectivity index (χ0v) is 15.1. The van der Waals surface area contributed by atoms with Crippen LogP contribution in [0.5, 0.6) is 0 Å². The second kappa shape index (κ2) is 7.50. The van der Waals surface area contributed by atoms with Crippen molar-refractivity contribution in [2.24, 2.45) is 0 Å². The van der Waals surface area contributed by atoms with Crippen LogP contribution < -0.4 is 10.2 Å². The Labute approximate surface area is 157 Å². The van der Waals surface area contributed by atoms with Gasteiger partial charge >= 0.3 is 0 Å². The van der Waals surface area contributed by atoms with Crippen LogP contribution in [0.2, 0.25) is 0 Å². The Morgan fingerprint density at radius 2 is 1.96 bits per heavy atom. The smallest absolute Gasteiger partial charge is 0.213 e. The minimum Gasteiger partial charge on any atom is -0.545 e. The Morgan fingerprint density at radius 1 is 1.19 bits per heavy atom. The molecular formula is C18H13N3O5S-2. The maximum absolute atomic E-state index is 11.4. The van der Waals surface area contributed by atoms with Crippen LogP contribution >= 0.6 is 11.8 Å². The largest absolute Gasteiger partial charge is 0.545 e. The number of nitrogens with zero attached hydrogens (tertiary/aromatic N) is 2. The molecule has 0 unspecified atom stereocenters. The van der Waals surface area contributed by atoms with Crippen molar-refractivity contribution < 1.29 is 24.2 Å². The van der Waals surface area contributed by atoms with E-state index in [1.807, 2.05) is 0 Å². The van der Waals surface area contributed by atoms with Gasteiger partial charge in [-0.1, -0.05) is 12.1 Å². The van der Waals surface area contributed by atoms with Gasteiger partial charge in [0.05, 0.1) is 11.9 Å². The lowest BCUT2D eigenvalue weighted by Crippen LogP contribution is -2.23. The quantitative estimate of drug-likeness (QED) is 0.490. The maximum atomic E-state index is 11.4. The summed E-state index contributed by atoms with van der Waals surface area (Å²) in [6, 6.07) is 7.74. The minimum absolute atomic E-state index is 0.0232. The number of H-pyrrole nitrogens is 1. The summed E-state index contributed by atoms with van der Waals surface area (Å²) in [7, 11) is 0. The first-order chi connectivity index (χ1) is 12.8. The SMILES string of the molecule is Cc1nc(S/C(=C\c2ccc(-c3cc(C(=O)[O-])ccc3C)o2)C(=O)[O-])n[nH]1. The van der Waals surface area contributed by atoms with E-state index in [9.17, 15) is 19.8 Å². The van der Waals surface area contributed by atoms with Crippen LogP contribution in [0.4, 0.5) is 0 Å². The van der Waals surface area contributed by atoms with Crippen molar-refractivity contribution in [1.82, 2.24) is 15.2 Å². The molecule has 0 amide bonds. The number of aromatic amines is 1. The van der Waals surface area contributed by atoms with Gasteiger partial charge in [-0.3, -0.25) is 5.10 Å². The number of aryl methyl sites for hydroxylation is 2. The number of rotatable bonds is 6. The summed E-state index contributed by atoms with van der Waals surface area (Å²) in [6.07, 6.45) is 1.30. The first-order valence-electron chi connectivity index (χ1n) is 7.75. The summed E-state index contributed by atoms with van der Waals surface area (Å²) >= 11 is 0.827. The molecule has 138 valence electrons. The molecule has 0 aliphatic carbocycles. The van der Waals surface area contributed by atoms with E-state index >= 15 is 0 Å². The van der Waals surface area contributed by atoms with Crippen molar-refractivity contribution in [2.75, 3.05) is 0 Å². The van der Waals surface area contributed by atoms with Crippen molar-refractivity contribution in [3.8, 4) is 11.3 Å². The van der Waals surface area contributed by atoms with Crippen LogP contribution in [-0.2, 0) is 4.79 Å². The molecule has 3 rings (SSSR count). The van der Waals surface area contributed by atoms with E-state index < -0.39 is 11.9 Å². The Kier molecular flexibility index (Phi) is 5.13. The number of hydrogen-bond donors (Lipinski definition) is 1. The number of hydrogen-bond acceptors (Lipinski definition) is 8. The number of carboxylic acids is 2. The van der Waals surface area contributed by atoms with Gasteiger partial charge in [0, 0.05) is 10.5 Å². The van der Waals surface area contributed by atoms with Gasteiger partial charge in [0.2, 0.25) is 5.16 Å². The number of aromatic nitrogens is 3. The fourth-order valence-corrected chi connectivity index (χ4v) is 3.04. The van der Waals surface area contributed by atoms with E-state index in [0.717, 1.165) is 17.3 Å². The molecule has 1 N–H and O–H groups in total. The number of thioether (sulfide) groups is 1. The summed E-state index contributed by atoms with van der Waals surface area (Å²) < 4.78 is 5.67. The van der Waals surface area contributed by atoms with Gasteiger partial charge < -0.3 is 24.2 Å². The zero-order valence-electron chi connectivity index (χ0n) is 14.3. The number of carbonyl (C=O) groups is 2. The molecular weight excluding hydrogens is 370 g/mol. The van der Waals surface area contributed by atoms with Gasteiger partial charge in [-0.25, -0.2) is 4.98 Å². The first-order valence-corrected chi connectivity index (χ1v) is 8.57. The number of carbonyl (C=O) groups excluding carboxylic acids is 2. The monoisotopic (exact) mass is 383 g/mol. The Balaban J connectivity index is 1.92. The molecule has 1 aromatic carbocycles. The summed E-state index contributed by atoms with van der Waals surface area (Å²) in [5.41, 5.74) is 1.40. The lowest BCUT2D eigenvalue weighted by Gasteiger charge is -2.07. The van der Waals surface area contributed by atoms with Gasteiger partial charge in [0.1, 0.15) is 17.3 Å². The third-order valence-corrected chi connectivity index (χ3v) is 4.49. The maximum Gasteiger partial charge on any atom is 0.213 e. The van der Waals surface area contributed by atoms with E-state index in [4.69, 9.17) is 4.42 Å². The summed E-state index contributed by atoms with van der Waals surface area (Å²) in [5.74, 6) is -1.46. The molecule has 0 aliphatic heterocycles. The Hall–Kier alpha value is -3.33. The zero-order chi connectivity index (χ0) is 19.6. The minimum atomic E-state index is -1.39. The molecule has 0 saturated carbocycles. The van der Waals surface area contributed by atoms with E-state index in [1.165, 1.54) is 18.2 Å². The van der Waals surface area contributed by atoms with Crippen LogP contribution in [0, 0.1) is 13.8 Å². The topological polar surface area (TPSA) is 135 Å². The number of aromatic carboxylic acids is 1. The second-order valence-corrected chi connectivity index (χ2v) is 6.63. The van der Waals surface area contributed by atoms with Crippen molar-refractivity contribution in [1.29, 1.82) is 0 Å². The van der Waals surface area contributed by atoms with E-state index in [1.54, 1.807) is 32.0 Å². The predicted molar refractivity (Wildman–Crippen MR) is 93.2 cm³/mol. The average molecular weight is 383 g/mol. The second-order valence-electron chi connectivity index (χ2n) is 5.62. The number of carboxylic acid groups (broad SMARTS) is 2. The Morgan fingerprint density at radius 3 is 2.59 bits per heavy atom. The molecule has 0 saturated heterocycles. The number of benzene rings is 1. The van der Waals surface area contributed by atoms with E-state index in [0.29, 0.717) is 17.1 Å². The lowest BCUT2D eigenvalue weighted by molar-refractivity contribution is -0.298. The molecule has 0 atom stereocenters. The van der Waals surface area contributed by atoms with Crippen molar-refractivity contribution >= 4 is 29.8 Å². The number of nitrogens with one attached hydrogen (secondary N) is 1. The predicted octanol–water partition coefficient (Wildman–Crippen LogP) is 0.928.